The molecule has 35 heavy (non-hydrogen) atoms. The van der Waals surface area contributed by atoms with Gasteiger partial charge in [0.25, 0.3) is 0 Å². The third-order valence-corrected chi connectivity index (χ3v) is 7.28. The maximum Gasteiger partial charge on any atom is 0.244 e. The Hall–Kier alpha value is -2.59. The number of anilines is 1. The topological polar surface area (TPSA) is 96.0 Å². The molecule has 0 radical (unpaired) electrons. The first kappa shape index (κ1) is 28.6. The van der Waals surface area contributed by atoms with Gasteiger partial charge >= 0.3 is 0 Å². The highest BCUT2D eigenvalue weighted by Gasteiger charge is 2.32. The summed E-state index contributed by atoms with van der Waals surface area (Å²) in [6.45, 7) is 5.38. The average Bonchev–Trinajstić information content (AvgIpc) is 2.81. The number of sulfonamides is 1. The van der Waals surface area contributed by atoms with Crippen LogP contribution in [-0.4, -0.2) is 57.1 Å². The fourth-order valence-corrected chi connectivity index (χ4v) is 4.80. The number of benzene rings is 2. The molecule has 2 aromatic rings. The van der Waals surface area contributed by atoms with Crippen LogP contribution in [0.25, 0.3) is 0 Å². The van der Waals surface area contributed by atoms with Crippen molar-refractivity contribution in [1.82, 2.24) is 10.2 Å². The zero-order chi connectivity index (χ0) is 26.2. The lowest BCUT2D eigenvalue weighted by Gasteiger charge is -2.33. The van der Waals surface area contributed by atoms with E-state index in [1.54, 1.807) is 49.6 Å². The largest absolute Gasteiger partial charge is 0.497 e. The van der Waals surface area contributed by atoms with Gasteiger partial charge in [0, 0.05) is 17.1 Å². The second-order valence-electron chi connectivity index (χ2n) is 8.36. The number of nitrogens with one attached hydrogen (secondary N) is 1. The first-order chi connectivity index (χ1) is 16.5. The molecule has 2 rings (SSSR count). The molecule has 0 heterocycles. The van der Waals surface area contributed by atoms with Gasteiger partial charge in [0.1, 0.15) is 18.3 Å². The summed E-state index contributed by atoms with van der Waals surface area (Å²) < 4.78 is 32.3. The van der Waals surface area contributed by atoms with E-state index in [9.17, 15) is 18.0 Å². The molecular formula is C25H34BrN3O5S. The number of halogens is 1. The van der Waals surface area contributed by atoms with Crippen LogP contribution in [0.15, 0.2) is 53.0 Å². The molecule has 192 valence electrons. The summed E-state index contributed by atoms with van der Waals surface area (Å²) in [6.07, 6.45) is 2.17. The van der Waals surface area contributed by atoms with Crippen LogP contribution in [-0.2, 0) is 26.2 Å². The maximum atomic E-state index is 13.7. The van der Waals surface area contributed by atoms with Crippen LogP contribution in [0.4, 0.5) is 5.69 Å². The Balaban J connectivity index is 2.45. The molecule has 0 bridgehead atoms. The van der Waals surface area contributed by atoms with Gasteiger partial charge in [0.05, 0.1) is 19.1 Å². The number of hydrogen-bond acceptors (Lipinski definition) is 5. The summed E-state index contributed by atoms with van der Waals surface area (Å²) in [5.41, 5.74) is 1.12. The van der Waals surface area contributed by atoms with Gasteiger partial charge in [-0.15, -0.1) is 0 Å². The van der Waals surface area contributed by atoms with E-state index in [-0.39, 0.29) is 18.5 Å². The normalized spacial score (nSPS) is 13.0. The van der Waals surface area contributed by atoms with Crippen molar-refractivity contribution in [3.8, 4) is 5.75 Å². The first-order valence-corrected chi connectivity index (χ1v) is 14.1. The molecule has 0 aromatic heterocycles. The lowest BCUT2D eigenvalue weighted by Crippen LogP contribution is -2.53. The summed E-state index contributed by atoms with van der Waals surface area (Å²) in [4.78, 5) is 28.3. The molecule has 0 fully saturated rings. The molecule has 0 aliphatic heterocycles. The predicted octanol–water partition coefficient (Wildman–Crippen LogP) is 3.95. The van der Waals surface area contributed by atoms with Crippen LogP contribution < -0.4 is 14.4 Å². The number of hydrogen-bond donors (Lipinski definition) is 1. The fraction of sp³-hybridized carbons (Fsp3) is 0.440. The van der Waals surface area contributed by atoms with E-state index in [1.165, 1.54) is 4.90 Å². The fourth-order valence-electron chi connectivity index (χ4n) is 3.57. The van der Waals surface area contributed by atoms with Gasteiger partial charge in [0.2, 0.25) is 21.8 Å². The summed E-state index contributed by atoms with van der Waals surface area (Å²) >= 11 is 3.35. The van der Waals surface area contributed by atoms with Gasteiger partial charge in [-0.3, -0.25) is 13.9 Å². The molecule has 0 spiro atoms. The zero-order valence-corrected chi connectivity index (χ0v) is 23.2. The molecule has 10 heteroatoms. The van der Waals surface area contributed by atoms with Crippen molar-refractivity contribution >= 4 is 43.5 Å². The van der Waals surface area contributed by atoms with Crippen molar-refractivity contribution in [3.63, 3.8) is 0 Å². The van der Waals surface area contributed by atoms with Crippen LogP contribution in [0.3, 0.4) is 0 Å². The summed E-state index contributed by atoms with van der Waals surface area (Å²) in [6, 6.07) is 13.1. The van der Waals surface area contributed by atoms with E-state index in [1.807, 2.05) is 26.8 Å². The molecule has 8 nitrogen and oxygen atoms in total. The zero-order valence-electron chi connectivity index (χ0n) is 20.8. The van der Waals surface area contributed by atoms with Gasteiger partial charge in [-0.1, -0.05) is 48.0 Å². The third kappa shape index (κ3) is 8.24. The van der Waals surface area contributed by atoms with Crippen LogP contribution in [0.2, 0.25) is 0 Å². The van der Waals surface area contributed by atoms with E-state index in [2.05, 4.69) is 21.2 Å². The lowest BCUT2D eigenvalue weighted by molar-refractivity contribution is -0.140. The lowest BCUT2D eigenvalue weighted by atomic mass is 10.1. The summed E-state index contributed by atoms with van der Waals surface area (Å²) in [5.74, 6) is -0.130. The smallest absolute Gasteiger partial charge is 0.244 e. The Morgan fingerprint density at radius 1 is 1.09 bits per heavy atom. The van der Waals surface area contributed by atoms with E-state index in [4.69, 9.17) is 4.74 Å². The van der Waals surface area contributed by atoms with Crippen LogP contribution in [0, 0.1) is 0 Å². The first-order valence-electron chi connectivity index (χ1n) is 11.5. The number of nitrogens with zero attached hydrogens (tertiary/aromatic N) is 2. The van der Waals surface area contributed by atoms with Crippen molar-refractivity contribution in [2.75, 3.05) is 24.2 Å². The van der Waals surface area contributed by atoms with Crippen molar-refractivity contribution in [3.05, 3.63) is 58.6 Å². The van der Waals surface area contributed by atoms with Gasteiger partial charge in [0.15, 0.2) is 0 Å². The highest BCUT2D eigenvalue weighted by Crippen LogP contribution is 2.23. The van der Waals surface area contributed by atoms with Crippen molar-refractivity contribution in [1.29, 1.82) is 0 Å². The second-order valence-corrected chi connectivity index (χ2v) is 11.2. The van der Waals surface area contributed by atoms with Crippen LogP contribution >= 0.6 is 15.9 Å². The Morgan fingerprint density at radius 3 is 2.34 bits per heavy atom. The summed E-state index contributed by atoms with van der Waals surface area (Å²) in [7, 11) is -2.22. The molecule has 2 atom stereocenters. The highest BCUT2D eigenvalue weighted by atomic mass is 79.9. The minimum Gasteiger partial charge on any atom is -0.497 e. The van der Waals surface area contributed by atoms with Gasteiger partial charge < -0.3 is 15.0 Å². The molecule has 0 unspecified atom stereocenters. The minimum absolute atomic E-state index is 0.0560. The van der Waals surface area contributed by atoms with E-state index >= 15 is 0 Å². The Labute approximate surface area is 216 Å². The molecule has 0 aliphatic carbocycles. The molecule has 0 aliphatic rings. The van der Waals surface area contributed by atoms with Gasteiger partial charge in [-0.05, 0) is 55.7 Å². The Bertz CT molecular complexity index is 1130. The SMILES string of the molecule is CC[C@H](C)NC(=O)[C@H](CC)N(Cc1cccc(OC)c1)C(=O)CN(c1cccc(Br)c1)S(C)(=O)=O. The van der Waals surface area contributed by atoms with Crippen molar-refractivity contribution in [2.24, 2.45) is 0 Å². The van der Waals surface area contributed by atoms with Crippen LogP contribution in [0.1, 0.15) is 39.2 Å². The van der Waals surface area contributed by atoms with E-state index in [0.29, 0.717) is 22.3 Å². The van der Waals surface area contributed by atoms with Crippen molar-refractivity contribution < 1.29 is 22.7 Å². The molecule has 2 amide bonds. The molecule has 2 aromatic carbocycles. The number of carbonyl (C=O) groups is 2. The third-order valence-electron chi connectivity index (χ3n) is 5.65. The van der Waals surface area contributed by atoms with Crippen LogP contribution in [0.5, 0.6) is 5.75 Å². The molecule has 0 saturated carbocycles. The average molecular weight is 569 g/mol. The monoisotopic (exact) mass is 567 g/mol. The standard InChI is InChI=1S/C25H34BrN3O5S/c1-6-18(3)27-25(31)23(7-2)28(16-19-10-8-13-22(14-19)34-4)24(30)17-29(35(5,32)33)21-12-9-11-20(26)15-21/h8-15,18,23H,6-7,16-17H2,1-5H3,(H,27,31)/t18-,23-/m0/s1. The quantitative estimate of drug-likeness (QED) is 0.419. The summed E-state index contributed by atoms with van der Waals surface area (Å²) in [5, 5.41) is 2.95. The number of methoxy groups -OCH3 is 1. The van der Waals surface area contributed by atoms with E-state index < -0.39 is 28.5 Å². The second kappa shape index (κ2) is 12.9. The number of rotatable bonds is 12. The Morgan fingerprint density at radius 2 is 1.77 bits per heavy atom. The number of carbonyl (C=O) groups excluding carboxylic acids is 2. The van der Waals surface area contributed by atoms with Gasteiger partial charge in [-0.2, -0.15) is 0 Å². The van der Waals surface area contributed by atoms with Crippen molar-refractivity contribution in [2.45, 2.75) is 52.2 Å². The van der Waals surface area contributed by atoms with E-state index in [0.717, 1.165) is 22.5 Å². The molecular weight excluding hydrogens is 534 g/mol. The highest BCUT2D eigenvalue weighted by molar-refractivity contribution is 9.10. The maximum absolute atomic E-state index is 13.7. The molecule has 1 N–H and O–H groups in total. The molecule has 0 saturated heterocycles. The minimum atomic E-state index is -3.78. The Kier molecular flexibility index (Phi) is 10.6. The number of amides is 2. The predicted molar refractivity (Wildman–Crippen MR) is 142 cm³/mol. The van der Waals surface area contributed by atoms with Gasteiger partial charge in [-0.25, -0.2) is 8.42 Å². The number of ether oxygens (including phenoxy) is 1.